The van der Waals surface area contributed by atoms with Crippen molar-refractivity contribution in [2.45, 2.75) is 11.8 Å². The highest BCUT2D eigenvalue weighted by Gasteiger charge is 2.06. The number of anilines is 3. The van der Waals surface area contributed by atoms with Crippen molar-refractivity contribution in [3.05, 3.63) is 11.6 Å². The van der Waals surface area contributed by atoms with E-state index in [0.29, 0.717) is 11.4 Å². The number of hydrogen-bond donors (Lipinski definition) is 4. The normalized spacial score (nSPS) is 9.92. The topological polar surface area (TPSA) is 64.1 Å². The van der Waals surface area contributed by atoms with Crippen LogP contribution in [0.2, 0.25) is 0 Å². The van der Waals surface area contributed by atoms with Crippen molar-refractivity contribution < 1.29 is 0 Å². The minimum Gasteiger partial charge on any atom is -0.398 e. The van der Waals surface area contributed by atoms with Crippen LogP contribution in [0.3, 0.4) is 0 Å². The first-order valence-corrected chi connectivity index (χ1v) is 4.08. The Morgan fingerprint density at radius 1 is 1.33 bits per heavy atom. The zero-order valence-corrected chi connectivity index (χ0v) is 8.07. The molecule has 1 aromatic rings. The second-order valence-corrected chi connectivity index (χ2v) is 3.13. The lowest BCUT2D eigenvalue weighted by atomic mass is 10.1. The van der Waals surface area contributed by atoms with E-state index in [1.54, 1.807) is 0 Å². The van der Waals surface area contributed by atoms with Crippen LogP contribution in [-0.2, 0) is 0 Å². The summed E-state index contributed by atoms with van der Waals surface area (Å²) in [5.41, 5.74) is 14.6. The summed E-state index contributed by atoms with van der Waals surface area (Å²) in [7, 11) is 1.81. The third kappa shape index (κ3) is 1.30. The smallest absolute Gasteiger partial charge is 0.0600 e. The van der Waals surface area contributed by atoms with Crippen LogP contribution in [-0.4, -0.2) is 7.05 Å². The molecule has 0 bridgehead atoms. The van der Waals surface area contributed by atoms with E-state index in [-0.39, 0.29) is 0 Å². The van der Waals surface area contributed by atoms with E-state index in [2.05, 4.69) is 17.9 Å². The van der Waals surface area contributed by atoms with Crippen LogP contribution in [0.5, 0.6) is 0 Å². The monoisotopic (exact) mass is 183 g/mol. The maximum absolute atomic E-state index is 5.79. The van der Waals surface area contributed by atoms with Crippen molar-refractivity contribution in [1.29, 1.82) is 0 Å². The van der Waals surface area contributed by atoms with E-state index >= 15 is 0 Å². The molecular formula is C8H13N3S. The van der Waals surface area contributed by atoms with Crippen LogP contribution in [0.4, 0.5) is 17.1 Å². The van der Waals surface area contributed by atoms with Crippen molar-refractivity contribution in [2.75, 3.05) is 23.8 Å². The molecule has 0 unspecified atom stereocenters. The van der Waals surface area contributed by atoms with Gasteiger partial charge in [-0.05, 0) is 18.6 Å². The second kappa shape index (κ2) is 3.15. The first-order chi connectivity index (χ1) is 5.57. The van der Waals surface area contributed by atoms with Gasteiger partial charge in [0.15, 0.2) is 0 Å². The van der Waals surface area contributed by atoms with Crippen molar-refractivity contribution >= 4 is 29.7 Å². The van der Waals surface area contributed by atoms with Crippen LogP contribution in [0.25, 0.3) is 0 Å². The van der Waals surface area contributed by atoms with Crippen molar-refractivity contribution in [1.82, 2.24) is 0 Å². The van der Waals surface area contributed by atoms with Gasteiger partial charge in [-0.25, -0.2) is 0 Å². The molecule has 0 saturated heterocycles. The molecule has 3 nitrogen and oxygen atoms in total. The van der Waals surface area contributed by atoms with Gasteiger partial charge in [0.2, 0.25) is 0 Å². The summed E-state index contributed by atoms with van der Waals surface area (Å²) in [5.74, 6) is 0. The minimum absolute atomic E-state index is 0.648. The predicted molar refractivity (Wildman–Crippen MR) is 56.8 cm³/mol. The molecule has 0 aliphatic carbocycles. The predicted octanol–water partition coefficient (Wildman–Crippen LogP) is 1.49. The van der Waals surface area contributed by atoms with E-state index in [0.717, 1.165) is 16.1 Å². The van der Waals surface area contributed by atoms with Gasteiger partial charge in [-0.3, -0.25) is 0 Å². The molecule has 0 aromatic heterocycles. The number of nitrogen functional groups attached to an aromatic ring is 2. The number of thiol groups is 1. The highest BCUT2D eigenvalue weighted by molar-refractivity contribution is 7.80. The Hall–Kier alpha value is -1.03. The third-order valence-electron chi connectivity index (χ3n) is 1.92. The van der Waals surface area contributed by atoms with E-state index < -0.39 is 0 Å². The first kappa shape index (κ1) is 9.06. The molecule has 0 heterocycles. The minimum atomic E-state index is 0.648. The summed E-state index contributed by atoms with van der Waals surface area (Å²) in [6, 6.07) is 1.82. The molecule has 0 spiro atoms. The lowest BCUT2D eigenvalue weighted by Crippen LogP contribution is -2.02. The molecule has 0 atom stereocenters. The summed E-state index contributed by atoms with van der Waals surface area (Å²) in [6.07, 6.45) is 0. The fourth-order valence-corrected chi connectivity index (χ4v) is 1.34. The van der Waals surface area contributed by atoms with E-state index in [4.69, 9.17) is 11.5 Å². The molecule has 66 valence electrons. The Labute approximate surface area is 77.5 Å². The van der Waals surface area contributed by atoms with Gasteiger partial charge in [0, 0.05) is 11.9 Å². The molecule has 1 rings (SSSR count). The number of benzene rings is 1. The molecule has 0 aliphatic rings. The number of nitrogens with one attached hydrogen (secondary N) is 1. The Bertz CT molecular complexity index is 310. The largest absolute Gasteiger partial charge is 0.398 e. The summed E-state index contributed by atoms with van der Waals surface area (Å²) in [4.78, 5) is 0.756. The average Bonchev–Trinajstić information content (AvgIpc) is 2.08. The number of nitrogens with two attached hydrogens (primary N) is 2. The van der Waals surface area contributed by atoms with Gasteiger partial charge in [0.05, 0.1) is 17.1 Å². The fraction of sp³-hybridized carbons (Fsp3) is 0.250. The summed E-state index contributed by atoms with van der Waals surface area (Å²) in [5, 5.41) is 2.97. The van der Waals surface area contributed by atoms with Crippen LogP contribution < -0.4 is 16.8 Å². The zero-order chi connectivity index (χ0) is 9.30. The second-order valence-electron chi connectivity index (χ2n) is 2.65. The van der Waals surface area contributed by atoms with Crippen LogP contribution in [0.1, 0.15) is 5.56 Å². The third-order valence-corrected chi connectivity index (χ3v) is 2.29. The molecule has 0 aliphatic heterocycles. The van der Waals surface area contributed by atoms with Gasteiger partial charge < -0.3 is 16.8 Å². The number of rotatable bonds is 1. The van der Waals surface area contributed by atoms with Crippen LogP contribution in [0.15, 0.2) is 11.0 Å². The molecule has 1 aromatic carbocycles. The highest BCUT2D eigenvalue weighted by Crippen LogP contribution is 2.32. The molecule has 5 N–H and O–H groups in total. The van der Waals surface area contributed by atoms with Gasteiger partial charge in [0.1, 0.15) is 0 Å². The first-order valence-electron chi connectivity index (χ1n) is 3.63. The summed E-state index contributed by atoms with van der Waals surface area (Å²) >= 11 is 4.22. The maximum Gasteiger partial charge on any atom is 0.0600 e. The molecule has 0 saturated carbocycles. The lowest BCUT2D eigenvalue weighted by Gasteiger charge is -2.12. The number of hydrogen-bond acceptors (Lipinski definition) is 4. The molecule has 4 heteroatoms. The average molecular weight is 183 g/mol. The van der Waals surface area contributed by atoms with E-state index in [1.165, 1.54) is 0 Å². The Morgan fingerprint density at radius 3 is 2.42 bits per heavy atom. The SMILES string of the molecule is CNc1cc(S)c(N)c(C)c1N. The van der Waals surface area contributed by atoms with Crippen LogP contribution >= 0.6 is 12.6 Å². The van der Waals surface area contributed by atoms with Gasteiger partial charge in [0.25, 0.3) is 0 Å². The highest BCUT2D eigenvalue weighted by atomic mass is 32.1. The lowest BCUT2D eigenvalue weighted by molar-refractivity contribution is 1.35. The molecule has 0 radical (unpaired) electrons. The maximum atomic E-state index is 5.79. The Kier molecular flexibility index (Phi) is 2.38. The Morgan fingerprint density at radius 2 is 1.92 bits per heavy atom. The molecule has 12 heavy (non-hydrogen) atoms. The van der Waals surface area contributed by atoms with Gasteiger partial charge >= 0.3 is 0 Å². The quantitative estimate of drug-likeness (QED) is 0.394. The standard InChI is InChI=1S/C8H13N3S/c1-4-7(9)5(11-2)3-6(12)8(4)10/h3,11-12H,9-10H2,1-2H3. The van der Waals surface area contributed by atoms with E-state index in [1.807, 2.05) is 20.0 Å². The van der Waals surface area contributed by atoms with E-state index in [9.17, 15) is 0 Å². The molecular weight excluding hydrogens is 170 g/mol. The van der Waals surface area contributed by atoms with Crippen molar-refractivity contribution in [2.24, 2.45) is 0 Å². The van der Waals surface area contributed by atoms with Crippen LogP contribution in [0, 0.1) is 6.92 Å². The Balaban J connectivity index is 3.39. The molecule has 0 fully saturated rings. The van der Waals surface area contributed by atoms with Crippen molar-refractivity contribution in [3.63, 3.8) is 0 Å². The van der Waals surface area contributed by atoms with Crippen molar-refractivity contribution in [3.8, 4) is 0 Å². The van der Waals surface area contributed by atoms with Gasteiger partial charge in [-0.15, -0.1) is 12.6 Å². The molecule has 0 amide bonds. The summed E-state index contributed by atoms with van der Waals surface area (Å²) in [6.45, 7) is 1.88. The van der Waals surface area contributed by atoms with Gasteiger partial charge in [-0.1, -0.05) is 0 Å². The van der Waals surface area contributed by atoms with Gasteiger partial charge in [-0.2, -0.15) is 0 Å². The fourth-order valence-electron chi connectivity index (χ4n) is 1.04. The summed E-state index contributed by atoms with van der Waals surface area (Å²) < 4.78 is 0. The zero-order valence-electron chi connectivity index (χ0n) is 7.18.